The minimum absolute atomic E-state index is 0.212. The Balaban J connectivity index is 1.99. The van der Waals surface area contributed by atoms with Gasteiger partial charge in [0.25, 0.3) is 0 Å². The molecule has 0 heterocycles. The molecule has 1 aliphatic rings. The molecule has 1 aliphatic carbocycles. The maximum atomic E-state index is 13.4. The Morgan fingerprint density at radius 2 is 2.17 bits per heavy atom. The second-order valence-electron chi connectivity index (χ2n) is 5.31. The van der Waals surface area contributed by atoms with Crippen LogP contribution in [0, 0.1) is 17.7 Å². The van der Waals surface area contributed by atoms with Crippen LogP contribution in [-0.2, 0) is 6.42 Å². The van der Waals surface area contributed by atoms with Crippen LogP contribution in [0.25, 0.3) is 0 Å². The molecule has 1 nitrogen and oxygen atoms in total. The summed E-state index contributed by atoms with van der Waals surface area (Å²) in [4.78, 5) is 0. The van der Waals surface area contributed by atoms with Crippen LogP contribution in [0.1, 0.15) is 32.3 Å². The van der Waals surface area contributed by atoms with E-state index in [1.54, 1.807) is 12.1 Å². The van der Waals surface area contributed by atoms with Crippen molar-refractivity contribution in [2.24, 2.45) is 11.8 Å². The van der Waals surface area contributed by atoms with Crippen molar-refractivity contribution in [1.82, 2.24) is 5.32 Å². The highest BCUT2D eigenvalue weighted by Crippen LogP contribution is 2.34. The van der Waals surface area contributed by atoms with Crippen molar-refractivity contribution in [1.29, 1.82) is 0 Å². The number of rotatable bonds is 4. The van der Waals surface area contributed by atoms with E-state index in [9.17, 15) is 4.39 Å². The second kappa shape index (κ2) is 6.03. The lowest BCUT2D eigenvalue weighted by molar-refractivity contribution is 0.355. The van der Waals surface area contributed by atoms with Gasteiger partial charge in [-0.05, 0) is 55.3 Å². The lowest BCUT2D eigenvalue weighted by Gasteiger charge is -2.21. The van der Waals surface area contributed by atoms with Gasteiger partial charge in [-0.15, -0.1) is 0 Å². The van der Waals surface area contributed by atoms with Crippen LogP contribution >= 0.6 is 11.6 Å². The Morgan fingerprint density at radius 3 is 2.83 bits per heavy atom. The van der Waals surface area contributed by atoms with E-state index in [0.29, 0.717) is 17.9 Å². The van der Waals surface area contributed by atoms with E-state index in [4.69, 9.17) is 11.6 Å². The summed E-state index contributed by atoms with van der Waals surface area (Å²) in [5, 5.41) is 3.75. The molecule has 18 heavy (non-hydrogen) atoms. The third kappa shape index (κ3) is 3.04. The van der Waals surface area contributed by atoms with Gasteiger partial charge in [0.05, 0.1) is 5.02 Å². The van der Waals surface area contributed by atoms with Crippen molar-refractivity contribution >= 4 is 11.6 Å². The Bertz CT molecular complexity index is 407. The molecule has 0 saturated heterocycles. The van der Waals surface area contributed by atoms with E-state index in [1.165, 1.54) is 12.8 Å². The Labute approximate surface area is 114 Å². The molecule has 3 unspecified atom stereocenters. The number of benzene rings is 1. The minimum atomic E-state index is -0.303. The normalized spacial score (nSPS) is 27.7. The molecule has 3 atom stereocenters. The zero-order chi connectivity index (χ0) is 13.1. The van der Waals surface area contributed by atoms with Gasteiger partial charge in [-0.1, -0.05) is 31.5 Å². The monoisotopic (exact) mass is 269 g/mol. The molecule has 0 spiro atoms. The van der Waals surface area contributed by atoms with E-state index in [2.05, 4.69) is 19.2 Å². The fraction of sp³-hybridized carbons (Fsp3) is 0.600. The standard InChI is InChI=1S/C15H21ClFN/c1-3-18-15-7-5-12(10(15)2)8-11-4-6-13(16)14(17)9-11/h4,6,9-10,12,15,18H,3,5,7-8H2,1-2H3. The fourth-order valence-electron chi connectivity index (χ4n) is 3.06. The van der Waals surface area contributed by atoms with Gasteiger partial charge >= 0.3 is 0 Å². The van der Waals surface area contributed by atoms with Crippen LogP contribution in [-0.4, -0.2) is 12.6 Å². The van der Waals surface area contributed by atoms with Crippen LogP contribution < -0.4 is 5.32 Å². The molecule has 0 bridgehead atoms. The van der Waals surface area contributed by atoms with Crippen molar-refractivity contribution in [3.8, 4) is 0 Å². The molecule has 1 aromatic carbocycles. The maximum absolute atomic E-state index is 13.4. The van der Waals surface area contributed by atoms with E-state index >= 15 is 0 Å². The first-order valence-corrected chi connectivity index (χ1v) is 7.17. The Morgan fingerprint density at radius 1 is 1.39 bits per heavy atom. The van der Waals surface area contributed by atoms with E-state index in [0.717, 1.165) is 18.5 Å². The van der Waals surface area contributed by atoms with E-state index < -0.39 is 0 Å². The topological polar surface area (TPSA) is 12.0 Å². The molecule has 0 aromatic heterocycles. The molecule has 1 saturated carbocycles. The van der Waals surface area contributed by atoms with Crippen LogP contribution in [0.4, 0.5) is 4.39 Å². The SMILES string of the molecule is CCNC1CCC(Cc2ccc(Cl)c(F)c2)C1C. The number of hydrogen-bond acceptors (Lipinski definition) is 1. The van der Waals surface area contributed by atoms with Crippen molar-refractivity contribution < 1.29 is 4.39 Å². The summed E-state index contributed by atoms with van der Waals surface area (Å²) >= 11 is 5.71. The molecule has 100 valence electrons. The number of hydrogen-bond donors (Lipinski definition) is 1. The summed E-state index contributed by atoms with van der Waals surface area (Å²) in [7, 11) is 0. The van der Waals surface area contributed by atoms with Gasteiger partial charge in [-0.3, -0.25) is 0 Å². The molecule has 0 radical (unpaired) electrons. The average molecular weight is 270 g/mol. The number of nitrogens with one attached hydrogen (secondary N) is 1. The summed E-state index contributed by atoms with van der Waals surface area (Å²) in [6.45, 7) is 5.48. The molecule has 1 aromatic rings. The van der Waals surface area contributed by atoms with Gasteiger partial charge in [-0.25, -0.2) is 4.39 Å². The predicted molar refractivity (Wildman–Crippen MR) is 74.5 cm³/mol. The first-order valence-electron chi connectivity index (χ1n) is 6.79. The third-order valence-electron chi connectivity index (χ3n) is 4.17. The highest BCUT2D eigenvalue weighted by Gasteiger charge is 2.31. The minimum Gasteiger partial charge on any atom is -0.314 e. The van der Waals surface area contributed by atoms with Crippen LogP contribution in [0.2, 0.25) is 5.02 Å². The van der Waals surface area contributed by atoms with Crippen molar-refractivity contribution in [3.63, 3.8) is 0 Å². The smallest absolute Gasteiger partial charge is 0.142 e. The molecular formula is C15H21ClFN. The van der Waals surface area contributed by atoms with Crippen molar-refractivity contribution in [2.75, 3.05) is 6.54 Å². The molecular weight excluding hydrogens is 249 g/mol. The molecule has 2 rings (SSSR count). The zero-order valence-electron chi connectivity index (χ0n) is 11.0. The highest BCUT2D eigenvalue weighted by molar-refractivity contribution is 6.30. The molecule has 1 fully saturated rings. The first-order chi connectivity index (χ1) is 8.61. The van der Waals surface area contributed by atoms with Gasteiger partial charge in [0.15, 0.2) is 0 Å². The van der Waals surface area contributed by atoms with Crippen molar-refractivity contribution in [2.45, 2.75) is 39.2 Å². The highest BCUT2D eigenvalue weighted by atomic mass is 35.5. The quantitative estimate of drug-likeness (QED) is 0.870. The van der Waals surface area contributed by atoms with Gasteiger partial charge < -0.3 is 5.32 Å². The van der Waals surface area contributed by atoms with E-state index in [-0.39, 0.29) is 10.8 Å². The molecule has 0 aliphatic heterocycles. The zero-order valence-corrected chi connectivity index (χ0v) is 11.8. The Kier molecular flexibility index (Phi) is 4.63. The summed E-state index contributed by atoms with van der Waals surface area (Å²) in [5.41, 5.74) is 1.06. The molecule has 1 N–H and O–H groups in total. The predicted octanol–water partition coefficient (Wildman–Crippen LogP) is 4.05. The second-order valence-corrected chi connectivity index (χ2v) is 5.72. The van der Waals surface area contributed by atoms with Crippen LogP contribution in [0.3, 0.4) is 0 Å². The lowest BCUT2D eigenvalue weighted by Crippen LogP contribution is -2.32. The molecule has 0 amide bonds. The Hall–Kier alpha value is -0.600. The third-order valence-corrected chi connectivity index (χ3v) is 4.48. The van der Waals surface area contributed by atoms with E-state index in [1.807, 2.05) is 6.07 Å². The largest absolute Gasteiger partial charge is 0.314 e. The fourth-order valence-corrected chi connectivity index (χ4v) is 3.17. The van der Waals surface area contributed by atoms with Gasteiger partial charge in [-0.2, -0.15) is 0 Å². The average Bonchev–Trinajstić information content (AvgIpc) is 2.67. The molecule has 3 heteroatoms. The maximum Gasteiger partial charge on any atom is 0.142 e. The summed E-state index contributed by atoms with van der Waals surface area (Å²) in [6, 6.07) is 5.80. The van der Waals surface area contributed by atoms with Crippen LogP contribution in [0.5, 0.6) is 0 Å². The van der Waals surface area contributed by atoms with Crippen LogP contribution in [0.15, 0.2) is 18.2 Å². The summed E-state index contributed by atoms with van der Waals surface area (Å²) < 4.78 is 13.4. The van der Waals surface area contributed by atoms with Gasteiger partial charge in [0.2, 0.25) is 0 Å². The number of halogens is 2. The summed E-state index contributed by atoms with van der Waals surface area (Å²) in [5.74, 6) is 1.00. The van der Waals surface area contributed by atoms with Gasteiger partial charge in [0, 0.05) is 6.04 Å². The van der Waals surface area contributed by atoms with Gasteiger partial charge in [0.1, 0.15) is 5.82 Å². The van der Waals surface area contributed by atoms with Crippen molar-refractivity contribution in [3.05, 3.63) is 34.6 Å². The lowest BCUT2D eigenvalue weighted by atomic mass is 9.89. The first kappa shape index (κ1) is 13.8. The summed E-state index contributed by atoms with van der Waals surface area (Å²) in [6.07, 6.45) is 3.41.